The molecule has 2 aliphatic rings. The molecular weight excluding hydrogens is 268 g/mol. The van der Waals surface area contributed by atoms with Gasteiger partial charge in [0.2, 0.25) is 5.91 Å². The number of thioether (sulfide) groups is 1. The van der Waals surface area contributed by atoms with E-state index >= 15 is 0 Å². The predicted octanol–water partition coefficient (Wildman–Crippen LogP) is 1.53. The zero-order valence-corrected chi connectivity index (χ0v) is 11.4. The summed E-state index contributed by atoms with van der Waals surface area (Å²) in [5.41, 5.74) is 1.14. The summed E-state index contributed by atoms with van der Waals surface area (Å²) >= 11 is 6.96. The minimum Gasteiger partial charge on any atom is -0.497 e. The lowest BCUT2D eigenvalue weighted by Gasteiger charge is -2.23. The van der Waals surface area contributed by atoms with Crippen molar-refractivity contribution < 1.29 is 9.53 Å². The van der Waals surface area contributed by atoms with Gasteiger partial charge in [-0.2, -0.15) is 0 Å². The molecule has 0 radical (unpaired) electrons. The van der Waals surface area contributed by atoms with Gasteiger partial charge >= 0.3 is 0 Å². The van der Waals surface area contributed by atoms with Crippen LogP contribution in [0.4, 0.5) is 0 Å². The Kier molecular flexibility index (Phi) is 2.91. The molecule has 0 saturated carbocycles. The van der Waals surface area contributed by atoms with Crippen LogP contribution in [-0.4, -0.2) is 34.8 Å². The number of nitrogens with one attached hydrogen (secondary N) is 1. The molecule has 2 atom stereocenters. The van der Waals surface area contributed by atoms with E-state index in [0.29, 0.717) is 5.11 Å². The zero-order chi connectivity index (χ0) is 12.7. The van der Waals surface area contributed by atoms with Gasteiger partial charge in [0.15, 0.2) is 5.11 Å². The van der Waals surface area contributed by atoms with Crippen LogP contribution in [0.25, 0.3) is 0 Å². The number of nitrogens with zero attached hydrogens (tertiary/aromatic N) is 1. The second-order valence-electron chi connectivity index (χ2n) is 4.18. The Morgan fingerprint density at radius 1 is 1.44 bits per heavy atom. The Balaban J connectivity index is 1.88. The van der Waals surface area contributed by atoms with E-state index in [-0.39, 0.29) is 17.3 Å². The van der Waals surface area contributed by atoms with Crippen LogP contribution < -0.4 is 10.1 Å². The number of carbonyl (C=O) groups excluding carboxylic acids is 1. The number of amides is 1. The molecule has 0 spiro atoms. The summed E-state index contributed by atoms with van der Waals surface area (Å²) in [7, 11) is 1.65. The summed E-state index contributed by atoms with van der Waals surface area (Å²) in [6.45, 7) is 0. The van der Waals surface area contributed by atoms with E-state index in [9.17, 15) is 4.79 Å². The number of rotatable bonds is 2. The summed E-state index contributed by atoms with van der Waals surface area (Å²) in [5.74, 6) is 1.63. The minimum atomic E-state index is -0.116. The number of methoxy groups -OCH3 is 1. The van der Waals surface area contributed by atoms with Crippen molar-refractivity contribution in [1.82, 2.24) is 10.2 Å². The lowest BCUT2D eigenvalue weighted by molar-refractivity contribution is -0.120. The first-order valence-electron chi connectivity index (χ1n) is 5.59. The fraction of sp³-hybridized carbons (Fsp3) is 0.333. The number of benzene rings is 1. The maximum Gasteiger partial charge on any atom is 0.249 e. The number of hydrogen-bond donors (Lipinski definition) is 1. The Morgan fingerprint density at radius 3 is 2.83 bits per heavy atom. The smallest absolute Gasteiger partial charge is 0.249 e. The molecule has 1 amide bonds. The van der Waals surface area contributed by atoms with Gasteiger partial charge in [0.25, 0.3) is 0 Å². The molecule has 94 valence electrons. The van der Waals surface area contributed by atoms with Crippen molar-refractivity contribution in [1.29, 1.82) is 0 Å². The second kappa shape index (κ2) is 4.44. The van der Waals surface area contributed by atoms with Crippen molar-refractivity contribution in [2.75, 3.05) is 12.9 Å². The predicted molar refractivity (Wildman–Crippen MR) is 74.6 cm³/mol. The zero-order valence-electron chi connectivity index (χ0n) is 9.75. The van der Waals surface area contributed by atoms with E-state index in [1.54, 1.807) is 18.9 Å². The summed E-state index contributed by atoms with van der Waals surface area (Å²) in [4.78, 5) is 13.7. The molecule has 2 saturated heterocycles. The van der Waals surface area contributed by atoms with Gasteiger partial charge in [-0.3, -0.25) is 4.79 Å². The van der Waals surface area contributed by atoms with Crippen molar-refractivity contribution >= 4 is 35.0 Å². The molecule has 2 fully saturated rings. The van der Waals surface area contributed by atoms with Crippen LogP contribution in [0.2, 0.25) is 0 Å². The summed E-state index contributed by atoms with van der Waals surface area (Å²) in [5, 5.41) is 3.38. The summed E-state index contributed by atoms with van der Waals surface area (Å²) in [6, 6.07) is 7.78. The molecule has 6 heteroatoms. The minimum absolute atomic E-state index is 0.0171. The molecule has 4 nitrogen and oxygen atoms in total. The normalized spacial score (nSPS) is 26.2. The van der Waals surface area contributed by atoms with Crippen LogP contribution in [-0.2, 0) is 4.79 Å². The number of carbonyl (C=O) groups is 1. The molecule has 2 aliphatic heterocycles. The highest BCUT2D eigenvalue weighted by Gasteiger charge is 2.45. The molecule has 0 aromatic heterocycles. The van der Waals surface area contributed by atoms with Crippen molar-refractivity contribution in [2.45, 2.75) is 11.4 Å². The number of ether oxygens (including phenoxy) is 1. The first-order chi connectivity index (χ1) is 8.70. The Bertz CT molecular complexity index is 503. The number of thiocarbonyl (C=S) groups is 1. The largest absolute Gasteiger partial charge is 0.497 e. The van der Waals surface area contributed by atoms with Crippen LogP contribution in [0.15, 0.2) is 24.3 Å². The standard InChI is InChI=1S/C12H12N2O2S2/c1-16-8-4-2-7(3-5-8)11-14-9(6-18-11)10(15)13-12(14)17/h2-5,9,11H,6H2,1H3,(H,13,15,17)/t9-,11?/m0/s1. The number of fused-ring (bicyclic) bond motifs is 1. The quantitative estimate of drug-likeness (QED) is 0.832. The third kappa shape index (κ3) is 1.76. The Labute approximate surface area is 115 Å². The van der Waals surface area contributed by atoms with Crippen molar-refractivity contribution in [3.63, 3.8) is 0 Å². The Morgan fingerprint density at radius 2 is 2.17 bits per heavy atom. The van der Waals surface area contributed by atoms with Gasteiger partial charge in [-0.15, -0.1) is 11.8 Å². The Hall–Kier alpha value is -1.27. The van der Waals surface area contributed by atoms with Gasteiger partial charge in [-0.05, 0) is 29.9 Å². The SMILES string of the molecule is COc1ccc(C2SC[C@H]3C(=O)NC(=S)N23)cc1. The van der Waals surface area contributed by atoms with E-state index in [1.807, 2.05) is 29.2 Å². The molecule has 1 unspecified atom stereocenters. The van der Waals surface area contributed by atoms with Crippen LogP contribution in [0.3, 0.4) is 0 Å². The fourth-order valence-electron chi connectivity index (χ4n) is 2.23. The molecule has 1 N–H and O–H groups in total. The highest BCUT2D eigenvalue weighted by Crippen LogP contribution is 2.43. The topological polar surface area (TPSA) is 41.6 Å². The second-order valence-corrected chi connectivity index (χ2v) is 5.68. The van der Waals surface area contributed by atoms with Crippen LogP contribution in [0, 0.1) is 0 Å². The van der Waals surface area contributed by atoms with E-state index in [1.165, 1.54) is 0 Å². The van der Waals surface area contributed by atoms with E-state index in [0.717, 1.165) is 17.1 Å². The van der Waals surface area contributed by atoms with Crippen LogP contribution in [0.1, 0.15) is 10.9 Å². The lowest BCUT2D eigenvalue weighted by atomic mass is 10.2. The highest BCUT2D eigenvalue weighted by molar-refractivity contribution is 7.99. The summed E-state index contributed by atoms with van der Waals surface area (Å²) in [6.07, 6.45) is 0. The van der Waals surface area contributed by atoms with Gasteiger partial charge in [-0.1, -0.05) is 12.1 Å². The van der Waals surface area contributed by atoms with E-state index in [2.05, 4.69) is 5.32 Å². The molecule has 2 heterocycles. The van der Waals surface area contributed by atoms with Gasteiger partial charge < -0.3 is 15.0 Å². The molecule has 3 rings (SSSR count). The van der Waals surface area contributed by atoms with Crippen molar-refractivity contribution in [3.05, 3.63) is 29.8 Å². The molecule has 0 bridgehead atoms. The monoisotopic (exact) mass is 280 g/mol. The molecule has 1 aromatic carbocycles. The summed E-state index contributed by atoms with van der Waals surface area (Å²) < 4.78 is 5.14. The van der Waals surface area contributed by atoms with Gasteiger partial charge in [0.05, 0.1) is 7.11 Å². The lowest BCUT2D eigenvalue weighted by Crippen LogP contribution is -2.32. The first-order valence-corrected chi connectivity index (χ1v) is 7.05. The molecule has 1 aromatic rings. The van der Waals surface area contributed by atoms with Crippen LogP contribution in [0.5, 0.6) is 5.75 Å². The van der Waals surface area contributed by atoms with Gasteiger partial charge in [0.1, 0.15) is 17.2 Å². The van der Waals surface area contributed by atoms with Gasteiger partial charge in [0, 0.05) is 5.75 Å². The maximum atomic E-state index is 11.7. The number of hydrogen-bond acceptors (Lipinski definition) is 4. The molecular formula is C12H12N2O2S2. The van der Waals surface area contributed by atoms with Crippen LogP contribution >= 0.6 is 24.0 Å². The van der Waals surface area contributed by atoms with Crippen molar-refractivity contribution in [2.24, 2.45) is 0 Å². The third-order valence-electron chi connectivity index (χ3n) is 3.17. The highest BCUT2D eigenvalue weighted by atomic mass is 32.2. The molecule has 0 aliphatic carbocycles. The average molecular weight is 280 g/mol. The van der Waals surface area contributed by atoms with E-state index < -0.39 is 0 Å². The first kappa shape index (κ1) is 11.8. The van der Waals surface area contributed by atoms with E-state index in [4.69, 9.17) is 17.0 Å². The average Bonchev–Trinajstić information content (AvgIpc) is 2.93. The molecule has 18 heavy (non-hydrogen) atoms. The third-order valence-corrected chi connectivity index (χ3v) is 4.80. The maximum absolute atomic E-state index is 11.7. The fourth-order valence-corrected chi connectivity index (χ4v) is 4.07. The van der Waals surface area contributed by atoms with Gasteiger partial charge in [-0.25, -0.2) is 0 Å². The van der Waals surface area contributed by atoms with Crippen molar-refractivity contribution in [3.8, 4) is 5.75 Å².